The zero-order chi connectivity index (χ0) is 28.8. The Balaban J connectivity index is 1.58. The Labute approximate surface area is 232 Å². The lowest BCUT2D eigenvalue weighted by atomic mass is 9.93. The predicted octanol–water partition coefficient (Wildman–Crippen LogP) is 5.64. The molecule has 1 aliphatic carbocycles. The van der Waals surface area contributed by atoms with E-state index in [1.807, 2.05) is 25.3 Å². The summed E-state index contributed by atoms with van der Waals surface area (Å²) in [4.78, 5) is 8.77. The van der Waals surface area contributed by atoms with Crippen LogP contribution in [0.15, 0.2) is 53.6 Å². The van der Waals surface area contributed by atoms with Gasteiger partial charge in [0.2, 0.25) is 0 Å². The van der Waals surface area contributed by atoms with Crippen LogP contribution in [0.1, 0.15) is 56.1 Å². The van der Waals surface area contributed by atoms with Crippen molar-refractivity contribution in [2.45, 2.75) is 56.9 Å². The summed E-state index contributed by atoms with van der Waals surface area (Å²) in [5, 5.41) is 3.32. The van der Waals surface area contributed by atoms with Gasteiger partial charge in [-0.25, -0.2) is 27.2 Å². The highest BCUT2D eigenvalue weighted by Gasteiger charge is 2.25. The fraction of sp³-hybridized carbons (Fsp3) is 0.310. The van der Waals surface area contributed by atoms with Gasteiger partial charge in [0.1, 0.15) is 39.4 Å². The van der Waals surface area contributed by atoms with Gasteiger partial charge in [0.25, 0.3) is 10.0 Å². The number of nitrogens with two attached hydrogens (primary N) is 1. The number of halogens is 2. The van der Waals surface area contributed by atoms with Crippen molar-refractivity contribution in [2.75, 3.05) is 17.5 Å². The molecule has 1 atom stereocenters. The summed E-state index contributed by atoms with van der Waals surface area (Å²) in [6.45, 7) is 5.69. The predicted molar refractivity (Wildman–Crippen MR) is 154 cm³/mol. The topological polar surface area (TPSA) is 114 Å². The summed E-state index contributed by atoms with van der Waals surface area (Å²) in [5.74, 6) is -0.726. The lowest BCUT2D eigenvalue weighted by molar-refractivity contribution is 0.522. The highest BCUT2D eigenvalue weighted by atomic mass is 32.2. The number of rotatable bonds is 7. The third-order valence-corrected chi connectivity index (χ3v) is 8.62. The summed E-state index contributed by atoms with van der Waals surface area (Å²) >= 11 is 0. The van der Waals surface area contributed by atoms with Crippen molar-refractivity contribution in [1.82, 2.24) is 19.7 Å². The summed E-state index contributed by atoms with van der Waals surface area (Å²) in [6.07, 6.45) is 6.71. The van der Waals surface area contributed by atoms with Crippen LogP contribution in [0.5, 0.6) is 0 Å². The standard InChI is InChI=1S/C29H32F2N6O2S/c1-16(2)29-35-26(27-28(32)34-15-24(37(27)29)18-6-9-20(33-4)10-7-18)19-8-12-23(22(31)14-19)36-40(38,39)25-13-17(3)5-11-21(25)30/h5-6,8,11-16,20,33,36H,7,9-10H2,1-4H3,(H2,32,34). The van der Waals surface area contributed by atoms with Crippen molar-refractivity contribution in [3.05, 3.63) is 77.4 Å². The molecule has 0 spiro atoms. The smallest absolute Gasteiger partial charge is 0.264 e. The number of imidazole rings is 1. The number of fused-ring (bicyclic) bond motifs is 1. The first-order chi connectivity index (χ1) is 19.0. The minimum atomic E-state index is -4.36. The van der Waals surface area contributed by atoms with E-state index >= 15 is 4.39 Å². The van der Waals surface area contributed by atoms with Crippen LogP contribution in [0.25, 0.3) is 22.3 Å². The van der Waals surface area contributed by atoms with Gasteiger partial charge in [-0.1, -0.05) is 32.1 Å². The monoisotopic (exact) mass is 566 g/mol. The first kappa shape index (κ1) is 27.7. The average Bonchev–Trinajstić information content (AvgIpc) is 3.33. The first-order valence-corrected chi connectivity index (χ1v) is 14.6. The Hall–Kier alpha value is -3.83. The molecule has 0 saturated carbocycles. The number of benzene rings is 2. The minimum absolute atomic E-state index is 0.0243. The van der Waals surface area contributed by atoms with Gasteiger partial charge in [0, 0.05) is 17.5 Å². The zero-order valence-corrected chi connectivity index (χ0v) is 23.6. The quantitative estimate of drug-likeness (QED) is 0.267. The number of hydrogen-bond donors (Lipinski definition) is 3. The summed E-state index contributed by atoms with van der Waals surface area (Å²) in [7, 11) is -2.40. The number of hydrogen-bond acceptors (Lipinski definition) is 6. The van der Waals surface area contributed by atoms with Crippen molar-refractivity contribution >= 4 is 32.6 Å². The van der Waals surface area contributed by atoms with Crippen LogP contribution in [0, 0.1) is 18.6 Å². The van der Waals surface area contributed by atoms with E-state index in [9.17, 15) is 12.8 Å². The van der Waals surface area contributed by atoms with Crippen LogP contribution >= 0.6 is 0 Å². The highest BCUT2D eigenvalue weighted by molar-refractivity contribution is 7.92. The minimum Gasteiger partial charge on any atom is -0.382 e. The maximum atomic E-state index is 15.4. The Bertz CT molecular complexity index is 1750. The number of nitrogens with one attached hydrogen (secondary N) is 2. The van der Waals surface area contributed by atoms with Crippen LogP contribution in [0.2, 0.25) is 0 Å². The zero-order valence-electron chi connectivity index (χ0n) is 22.8. The number of anilines is 2. The molecule has 0 amide bonds. The number of allylic oxidation sites excluding steroid dienone is 1. The molecule has 2 heterocycles. The lowest BCUT2D eigenvalue weighted by Gasteiger charge is -2.22. The molecule has 2 aromatic heterocycles. The van der Waals surface area contributed by atoms with Crippen LogP contribution < -0.4 is 15.8 Å². The van der Waals surface area contributed by atoms with Crippen LogP contribution in [0.4, 0.5) is 20.3 Å². The van der Waals surface area contributed by atoms with Gasteiger partial charge >= 0.3 is 0 Å². The van der Waals surface area contributed by atoms with Crippen molar-refractivity contribution in [2.24, 2.45) is 0 Å². The van der Waals surface area contributed by atoms with E-state index in [2.05, 4.69) is 21.1 Å². The van der Waals surface area contributed by atoms with Crippen molar-refractivity contribution in [3.8, 4) is 11.3 Å². The molecule has 40 heavy (non-hydrogen) atoms. The SMILES string of the molecule is CNC1CC=C(c2cnc(N)c3c(-c4ccc(NS(=O)(=O)c5cc(C)ccc5F)c(F)c4)nc(C(C)C)n23)CC1. The molecular weight excluding hydrogens is 534 g/mol. The molecule has 210 valence electrons. The van der Waals surface area contributed by atoms with Gasteiger partial charge in [-0.05, 0) is 68.6 Å². The molecule has 1 unspecified atom stereocenters. The molecule has 0 aliphatic heterocycles. The second-order valence-electron chi connectivity index (χ2n) is 10.4. The maximum Gasteiger partial charge on any atom is 0.264 e. The molecule has 0 bridgehead atoms. The van der Waals surface area contributed by atoms with Crippen LogP contribution in [-0.4, -0.2) is 35.9 Å². The molecule has 0 radical (unpaired) electrons. The van der Waals surface area contributed by atoms with Gasteiger partial charge in [-0.15, -0.1) is 0 Å². The normalized spacial score (nSPS) is 16.0. The van der Waals surface area contributed by atoms with Gasteiger partial charge in [-0.3, -0.25) is 9.12 Å². The Morgan fingerprint density at radius 3 is 2.55 bits per heavy atom. The van der Waals surface area contributed by atoms with E-state index < -0.39 is 26.6 Å². The Kier molecular flexibility index (Phi) is 7.36. The number of nitrogens with zero attached hydrogens (tertiary/aromatic N) is 3. The highest BCUT2D eigenvalue weighted by Crippen LogP contribution is 2.36. The van der Waals surface area contributed by atoms with E-state index in [1.54, 1.807) is 19.2 Å². The summed E-state index contributed by atoms with van der Waals surface area (Å²) < 4.78 is 59.5. The van der Waals surface area contributed by atoms with E-state index in [4.69, 9.17) is 10.7 Å². The largest absolute Gasteiger partial charge is 0.382 e. The van der Waals surface area contributed by atoms with E-state index in [0.29, 0.717) is 28.4 Å². The second kappa shape index (κ2) is 10.6. The van der Waals surface area contributed by atoms with Gasteiger partial charge in [0.15, 0.2) is 0 Å². The van der Waals surface area contributed by atoms with Crippen molar-refractivity contribution in [1.29, 1.82) is 0 Å². The number of aromatic nitrogens is 3. The molecule has 4 aromatic rings. The Morgan fingerprint density at radius 1 is 1.12 bits per heavy atom. The van der Waals surface area contributed by atoms with Crippen LogP contribution in [0.3, 0.4) is 0 Å². The fourth-order valence-electron chi connectivity index (χ4n) is 5.07. The maximum absolute atomic E-state index is 15.4. The van der Waals surface area contributed by atoms with Crippen molar-refractivity contribution in [3.63, 3.8) is 0 Å². The summed E-state index contributed by atoms with van der Waals surface area (Å²) in [5.41, 5.74) is 10.1. The van der Waals surface area contributed by atoms with Gasteiger partial charge < -0.3 is 11.1 Å². The Morgan fingerprint density at radius 2 is 1.90 bits per heavy atom. The average molecular weight is 567 g/mol. The third kappa shape index (κ3) is 5.06. The molecule has 2 aromatic carbocycles. The van der Waals surface area contributed by atoms with Crippen molar-refractivity contribution < 1.29 is 17.2 Å². The second-order valence-corrected chi connectivity index (χ2v) is 12.1. The molecule has 11 heteroatoms. The molecule has 4 N–H and O–H groups in total. The van der Waals surface area contributed by atoms with Gasteiger partial charge in [-0.2, -0.15) is 0 Å². The number of sulfonamides is 1. The molecule has 0 saturated heterocycles. The van der Waals surface area contributed by atoms with E-state index in [1.165, 1.54) is 24.3 Å². The molecule has 1 aliphatic rings. The van der Waals surface area contributed by atoms with Gasteiger partial charge in [0.05, 0.1) is 17.6 Å². The molecule has 5 rings (SSSR count). The summed E-state index contributed by atoms with van der Waals surface area (Å²) in [6, 6.07) is 8.19. The fourth-order valence-corrected chi connectivity index (χ4v) is 6.30. The number of aryl methyl sites for hydroxylation is 1. The molecule has 8 nitrogen and oxygen atoms in total. The molecule has 0 fully saturated rings. The lowest BCUT2D eigenvalue weighted by Crippen LogP contribution is -2.26. The van der Waals surface area contributed by atoms with E-state index in [0.717, 1.165) is 42.4 Å². The molecular formula is C29H32F2N6O2S. The van der Waals surface area contributed by atoms with E-state index in [-0.39, 0.29) is 17.4 Å². The third-order valence-electron chi connectivity index (χ3n) is 7.24. The van der Waals surface area contributed by atoms with Crippen LogP contribution in [-0.2, 0) is 10.0 Å². The first-order valence-electron chi connectivity index (χ1n) is 13.1. The number of nitrogen functional groups attached to an aromatic ring is 1.